The molecule has 6 rings (SSSR count). The second kappa shape index (κ2) is 29.8. The Morgan fingerprint density at radius 2 is 0.986 bits per heavy atom. The molecule has 0 radical (unpaired) electrons. The Morgan fingerprint density at radius 3 is 1.36 bits per heavy atom. The van der Waals surface area contributed by atoms with Crippen LogP contribution >= 0.6 is 0 Å². The normalized spacial score (nSPS) is 13.0. The maximum atomic E-state index is 13.1. The quantitative estimate of drug-likeness (QED) is 0.0203. The highest BCUT2D eigenvalue weighted by Gasteiger charge is 2.41. The molecule has 74 heavy (non-hydrogen) atoms. The average molecular weight is 1060 g/mol. The van der Waals surface area contributed by atoms with Crippen LogP contribution in [-0.4, -0.2) is 176 Å². The standard InChI is InChI=1S/C26H37N3O7Si.C16H16N2O3.C10H21NO4Si/c1-6-34-37(35-7-2,36-8-3)18-10-15-27-26(32)33-17-16-29-24(30)20-12-9-11-19-22(28(4)5)14-13-21(23(19)20)25(29)31;1-17(2)13-7-6-12-14-10(13)4-3-5-11(14)15(20)18(8-9-19)16(12)21;1-4-13-16(14-5-2,15-6-3)9-7-8-11-10-12/h9,11-14H,6-8,10,15-18H2,1-5H3,(H,27,32);3-7,19H,8-9H2,1-2H3;4-9H2,1-3H3. The Bertz CT molecular complexity index is 2520. The minimum Gasteiger partial charge on any atom is -0.448 e. The topological polar surface area (TPSA) is 225 Å². The summed E-state index contributed by atoms with van der Waals surface area (Å²) < 4.78 is 39.6. The molecule has 5 amide bonds. The van der Waals surface area contributed by atoms with Crippen molar-refractivity contribution in [1.29, 1.82) is 0 Å². The zero-order valence-corrected chi connectivity index (χ0v) is 46.6. The highest BCUT2D eigenvalue weighted by atomic mass is 28.4. The first-order valence-electron chi connectivity index (χ1n) is 25.2. The molecule has 0 atom stereocenters. The zero-order chi connectivity index (χ0) is 54.4. The van der Waals surface area contributed by atoms with E-state index in [2.05, 4.69) is 10.3 Å². The number of β-amino-alcohol motifs (C(OH)–C–C–N with tert-alkyl or cyclic N) is 1. The second-order valence-corrected chi connectivity index (χ2v) is 22.4. The Kier molecular flexibility index (Phi) is 24.5. The van der Waals surface area contributed by atoms with Crippen molar-refractivity contribution in [2.24, 2.45) is 4.99 Å². The molecule has 2 aliphatic heterocycles. The minimum absolute atomic E-state index is 0.0168. The first kappa shape index (κ1) is 60.6. The molecule has 4 aromatic rings. The second-order valence-electron chi connectivity index (χ2n) is 17.0. The molecule has 4 aromatic carbocycles. The number of aliphatic hydroxyl groups excluding tert-OH is 1. The van der Waals surface area contributed by atoms with Gasteiger partial charge in [0.15, 0.2) is 0 Å². The SMILES string of the molecule is CCO[Si](CCCN=C=O)(OCC)OCC.CCO[Si](CCCNC(=O)OCCN1C(=O)c2cccc3c(N(C)C)ccc(c23)C1=O)(OCC)OCC.CN(C)c1ccc2c3c(cccc13)C(=O)N(CCO)C2=O. The average Bonchev–Trinajstić information content (AvgIpc) is 3.37. The number of aliphatic hydroxyl groups is 1. The number of benzene rings is 4. The Hall–Kier alpha value is -5.92. The van der Waals surface area contributed by atoms with Gasteiger partial charge in [0.1, 0.15) is 6.61 Å². The van der Waals surface area contributed by atoms with E-state index in [0.29, 0.717) is 104 Å². The summed E-state index contributed by atoms with van der Waals surface area (Å²) in [6, 6.07) is 19.4. The van der Waals surface area contributed by atoms with Crippen molar-refractivity contribution in [3.05, 3.63) is 82.9 Å². The molecule has 2 heterocycles. The van der Waals surface area contributed by atoms with Gasteiger partial charge in [-0.2, -0.15) is 0 Å². The number of ether oxygens (including phenoxy) is 1. The van der Waals surface area contributed by atoms with Crippen LogP contribution in [0, 0.1) is 0 Å². The molecule has 0 saturated carbocycles. The fraction of sp³-hybridized carbons (Fsp3) is 0.500. The van der Waals surface area contributed by atoms with Crippen molar-refractivity contribution in [2.75, 3.05) is 117 Å². The van der Waals surface area contributed by atoms with Crippen LogP contribution in [0.25, 0.3) is 21.5 Å². The van der Waals surface area contributed by atoms with Crippen LogP contribution in [0.4, 0.5) is 16.2 Å². The van der Waals surface area contributed by atoms with E-state index in [4.69, 9.17) is 36.4 Å². The number of carbonyl (C=O) groups excluding carboxylic acids is 6. The summed E-state index contributed by atoms with van der Waals surface area (Å²) in [5.41, 5.74) is 3.85. The molecule has 0 aliphatic carbocycles. The summed E-state index contributed by atoms with van der Waals surface area (Å²) in [6.07, 6.45) is 2.22. The minimum atomic E-state index is -2.77. The Balaban J connectivity index is 0.000000269. The van der Waals surface area contributed by atoms with Crippen molar-refractivity contribution < 1.29 is 65.2 Å². The molecular weight excluding hydrogens is 989 g/mol. The van der Waals surface area contributed by atoms with Gasteiger partial charge < -0.3 is 51.5 Å². The van der Waals surface area contributed by atoms with E-state index in [9.17, 15) is 28.8 Å². The predicted molar refractivity (Wildman–Crippen MR) is 287 cm³/mol. The highest BCUT2D eigenvalue weighted by molar-refractivity contribution is 6.61. The number of rotatable bonds is 27. The largest absolute Gasteiger partial charge is 0.500 e. The molecule has 2 N–H and O–H groups in total. The fourth-order valence-electron chi connectivity index (χ4n) is 8.75. The zero-order valence-electron chi connectivity index (χ0n) is 44.6. The number of nitrogens with one attached hydrogen (secondary N) is 1. The number of nitrogens with zero attached hydrogens (tertiary/aromatic N) is 5. The van der Waals surface area contributed by atoms with Gasteiger partial charge in [-0.05, 0) is 90.8 Å². The maximum Gasteiger partial charge on any atom is 0.500 e. The van der Waals surface area contributed by atoms with E-state index in [-0.39, 0.29) is 38.1 Å². The summed E-state index contributed by atoms with van der Waals surface area (Å²) in [4.78, 5) is 83.0. The van der Waals surface area contributed by atoms with E-state index in [0.717, 1.165) is 38.4 Å². The van der Waals surface area contributed by atoms with Gasteiger partial charge in [-0.1, -0.05) is 24.3 Å². The van der Waals surface area contributed by atoms with Crippen molar-refractivity contribution in [2.45, 2.75) is 66.5 Å². The summed E-state index contributed by atoms with van der Waals surface area (Å²) in [6.45, 7) is 15.1. The lowest BCUT2D eigenvalue weighted by Gasteiger charge is -2.28. The third-order valence-electron chi connectivity index (χ3n) is 11.7. The summed E-state index contributed by atoms with van der Waals surface area (Å²) in [5.74, 6) is -1.48. The molecule has 0 saturated heterocycles. The molecule has 2 aliphatic rings. The lowest BCUT2D eigenvalue weighted by Crippen LogP contribution is -2.46. The molecule has 0 aromatic heterocycles. The molecule has 0 bridgehead atoms. The van der Waals surface area contributed by atoms with Gasteiger partial charge in [-0.3, -0.25) is 29.0 Å². The van der Waals surface area contributed by atoms with Gasteiger partial charge in [-0.15, -0.1) is 0 Å². The lowest BCUT2D eigenvalue weighted by molar-refractivity contribution is 0.0556. The smallest absolute Gasteiger partial charge is 0.448 e. The van der Waals surface area contributed by atoms with E-state index >= 15 is 0 Å². The number of anilines is 2. The van der Waals surface area contributed by atoms with E-state index in [1.807, 2.05) is 116 Å². The van der Waals surface area contributed by atoms with Crippen molar-refractivity contribution in [3.8, 4) is 0 Å². The first-order chi connectivity index (χ1) is 35.6. The van der Waals surface area contributed by atoms with Crippen LogP contribution in [0.1, 0.15) is 95.8 Å². The highest BCUT2D eigenvalue weighted by Crippen LogP contribution is 2.37. The monoisotopic (exact) mass is 1060 g/mol. The van der Waals surface area contributed by atoms with Gasteiger partial charge in [0.05, 0.1) is 26.2 Å². The molecule has 22 heteroatoms. The summed E-state index contributed by atoms with van der Waals surface area (Å²) in [5, 5.41) is 14.8. The number of aliphatic imine (C=N–C) groups is 1. The number of hydrogen-bond donors (Lipinski definition) is 2. The number of carbonyl (C=O) groups is 5. The van der Waals surface area contributed by atoms with Gasteiger partial charge in [0, 0.05) is 142 Å². The van der Waals surface area contributed by atoms with Crippen LogP contribution in [0.3, 0.4) is 0 Å². The van der Waals surface area contributed by atoms with Crippen LogP contribution in [-0.2, 0) is 36.1 Å². The molecule has 0 unspecified atom stereocenters. The molecule has 0 fully saturated rings. The van der Waals surface area contributed by atoms with Crippen LogP contribution in [0.2, 0.25) is 12.1 Å². The fourth-order valence-corrected chi connectivity index (χ4v) is 14.0. The van der Waals surface area contributed by atoms with Crippen molar-refractivity contribution >= 4 is 86.3 Å². The van der Waals surface area contributed by atoms with Crippen molar-refractivity contribution in [3.63, 3.8) is 0 Å². The lowest BCUT2D eigenvalue weighted by atomic mass is 9.93. The molecule has 404 valence electrons. The molecule has 20 nitrogen and oxygen atoms in total. The van der Waals surface area contributed by atoms with E-state index in [1.54, 1.807) is 24.3 Å². The van der Waals surface area contributed by atoms with Gasteiger partial charge in [-0.25, -0.2) is 14.6 Å². The number of amides is 5. The summed E-state index contributed by atoms with van der Waals surface area (Å²) >= 11 is 0. The van der Waals surface area contributed by atoms with Crippen LogP contribution < -0.4 is 15.1 Å². The van der Waals surface area contributed by atoms with Crippen molar-refractivity contribution in [1.82, 2.24) is 15.1 Å². The van der Waals surface area contributed by atoms with Gasteiger partial charge in [0.2, 0.25) is 6.08 Å². The Labute approximate surface area is 436 Å². The first-order valence-corrected chi connectivity index (χ1v) is 29.0. The number of hydrogen-bond acceptors (Lipinski definition) is 17. The molecule has 0 spiro atoms. The van der Waals surface area contributed by atoms with Crippen LogP contribution in [0.15, 0.2) is 65.7 Å². The number of alkyl carbamates (subject to hydrolysis) is 1. The summed E-state index contributed by atoms with van der Waals surface area (Å²) in [7, 11) is 2.38. The molecular formula is C52H74N6O14Si2. The Morgan fingerprint density at radius 1 is 0.595 bits per heavy atom. The maximum absolute atomic E-state index is 13.1. The van der Waals surface area contributed by atoms with Gasteiger partial charge >= 0.3 is 23.7 Å². The van der Waals surface area contributed by atoms with Crippen LogP contribution in [0.5, 0.6) is 0 Å². The number of imide groups is 2. The predicted octanol–water partition coefficient (Wildman–Crippen LogP) is 6.92. The third kappa shape index (κ3) is 15.1. The third-order valence-corrected chi connectivity index (χ3v) is 18.0. The van der Waals surface area contributed by atoms with E-state index in [1.165, 1.54) is 6.08 Å². The number of isocyanates is 1. The van der Waals surface area contributed by atoms with Gasteiger partial charge in [0.25, 0.3) is 23.6 Å². The van der Waals surface area contributed by atoms with E-state index < -0.39 is 35.5 Å².